The lowest BCUT2D eigenvalue weighted by Crippen LogP contribution is -2.15. The zero-order chi connectivity index (χ0) is 23.9. The Labute approximate surface area is 206 Å². The molecule has 0 atom stereocenters. The van der Waals surface area contributed by atoms with Gasteiger partial charge >= 0.3 is 0 Å². The number of amides is 1. The Morgan fingerprint density at radius 1 is 0.971 bits per heavy atom. The van der Waals surface area contributed by atoms with E-state index in [1.807, 2.05) is 6.07 Å². The summed E-state index contributed by atoms with van der Waals surface area (Å²) >= 11 is 6.55. The van der Waals surface area contributed by atoms with E-state index in [2.05, 4.69) is 25.2 Å². The Hall–Kier alpha value is -3.52. The van der Waals surface area contributed by atoms with E-state index in [9.17, 15) is 9.18 Å². The van der Waals surface area contributed by atoms with Gasteiger partial charge in [-0.3, -0.25) is 4.79 Å². The summed E-state index contributed by atoms with van der Waals surface area (Å²) in [7, 11) is 0. The van der Waals surface area contributed by atoms with Crippen LogP contribution in [0.5, 0.6) is 0 Å². The van der Waals surface area contributed by atoms with Gasteiger partial charge in [-0.15, -0.1) is 10.2 Å². The number of anilines is 1. The summed E-state index contributed by atoms with van der Waals surface area (Å²) < 4.78 is 17.3. The van der Waals surface area contributed by atoms with E-state index in [0.717, 1.165) is 79.2 Å². The van der Waals surface area contributed by atoms with Crippen LogP contribution in [0.4, 0.5) is 10.1 Å². The molecule has 0 saturated carbocycles. The molecule has 2 aromatic carbocycles. The van der Waals surface area contributed by atoms with E-state index in [1.165, 1.54) is 18.6 Å². The maximum Gasteiger partial charge on any atom is 0.276 e. The predicted octanol–water partition coefficient (Wildman–Crippen LogP) is 5.39. The second-order valence-corrected chi connectivity index (χ2v) is 9.47. The highest BCUT2D eigenvalue weighted by Crippen LogP contribution is 2.32. The van der Waals surface area contributed by atoms with Crippen molar-refractivity contribution in [3.63, 3.8) is 0 Å². The molecule has 9 heteroatoms. The maximum absolute atomic E-state index is 13.4. The second kappa shape index (κ2) is 8.92. The molecule has 178 valence electrons. The molecular weight excluding hydrogens is 467 g/mol. The van der Waals surface area contributed by atoms with E-state index in [-0.39, 0.29) is 11.7 Å². The zero-order valence-electron chi connectivity index (χ0n) is 19.1. The largest absolute Gasteiger partial charge is 0.321 e. The van der Waals surface area contributed by atoms with Crippen LogP contribution >= 0.6 is 11.6 Å². The van der Waals surface area contributed by atoms with E-state index in [4.69, 9.17) is 11.6 Å². The van der Waals surface area contributed by atoms with Crippen molar-refractivity contribution in [1.82, 2.24) is 24.5 Å². The molecule has 0 fully saturated rings. The van der Waals surface area contributed by atoms with Crippen molar-refractivity contribution in [2.24, 2.45) is 0 Å². The summed E-state index contributed by atoms with van der Waals surface area (Å²) in [6.45, 7) is 0.859. The Morgan fingerprint density at radius 3 is 2.69 bits per heavy atom. The third-order valence-corrected chi connectivity index (χ3v) is 7.12. The van der Waals surface area contributed by atoms with Gasteiger partial charge in [-0.25, -0.2) is 9.07 Å². The van der Waals surface area contributed by atoms with Crippen LogP contribution in [0.25, 0.3) is 17.1 Å². The fraction of sp³-hybridized carbons (Fsp3) is 0.308. The van der Waals surface area contributed by atoms with Gasteiger partial charge in [0.2, 0.25) is 0 Å². The van der Waals surface area contributed by atoms with Crippen LogP contribution in [0.3, 0.4) is 0 Å². The highest BCUT2D eigenvalue weighted by Gasteiger charge is 2.27. The first-order valence-corrected chi connectivity index (χ1v) is 12.4. The molecule has 1 amide bonds. The lowest BCUT2D eigenvalue weighted by molar-refractivity contribution is 0.102. The molecule has 0 saturated heterocycles. The van der Waals surface area contributed by atoms with Crippen molar-refractivity contribution in [3.05, 3.63) is 76.1 Å². The fourth-order valence-corrected chi connectivity index (χ4v) is 5.27. The number of benzene rings is 2. The monoisotopic (exact) mass is 490 g/mol. The number of aromatic nitrogens is 5. The molecule has 0 radical (unpaired) electrons. The summed E-state index contributed by atoms with van der Waals surface area (Å²) in [4.78, 5) is 13.3. The first-order valence-electron chi connectivity index (χ1n) is 12.0. The smallest absolute Gasteiger partial charge is 0.276 e. The molecule has 2 aromatic heterocycles. The summed E-state index contributed by atoms with van der Waals surface area (Å²) in [5, 5.41) is 17.0. The molecule has 2 aliphatic rings. The Balaban J connectivity index is 1.31. The summed E-state index contributed by atoms with van der Waals surface area (Å²) in [6.07, 6.45) is 6.83. The first-order chi connectivity index (χ1) is 17.1. The van der Waals surface area contributed by atoms with Gasteiger partial charge in [-0.05, 0) is 74.6 Å². The van der Waals surface area contributed by atoms with Gasteiger partial charge in [0.1, 0.15) is 11.6 Å². The predicted molar refractivity (Wildman–Crippen MR) is 132 cm³/mol. The second-order valence-electron chi connectivity index (χ2n) is 9.07. The minimum atomic E-state index is -0.307. The molecule has 1 aliphatic carbocycles. The molecule has 4 aromatic rings. The Bertz CT molecular complexity index is 1420. The molecule has 7 nitrogen and oxygen atoms in total. The van der Waals surface area contributed by atoms with Gasteiger partial charge in [0.15, 0.2) is 11.5 Å². The van der Waals surface area contributed by atoms with Crippen LogP contribution in [0, 0.1) is 5.82 Å². The lowest BCUT2D eigenvalue weighted by atomic mass is 10.1. The van der Waals surface area contributed by atoms with Crippen molar-refractivity contribution in [2.75, 3.05) is 5.32 Å². The van der Waals surface area contributed by atoms with Crippen LogP contribution < -0.4 is 5.32 Å². The number of hydrogen-bond donors (Lipinski definition) is 1. The summed E-state index contributed by atoms with van der Waals surface area (Å²) in [5.74, 6) is 1.12. The molecule has 6 rings (SSSR count). The zero-order valence-corrected chi connectivity index (χ0v) is 19.9. The normalized spacial score (nSPS) is 14.9. The highest BCUT2D eigenvalue weighted by molar-refractivity contribution is 6.33. The topological polar surface area (TPSA) is 77.6 Å². The number of carbonyl (C=O) groups is 1. The first kappa shape index (κ1) is 22.0. The fourth-order valence-electron chi connectivity index (χ4n) is 5.06. The molecule has 0 bridgehead atoms. The molecule has 3 heterocycles. The average molecular weight is 491 g/mol. The van der Waals surface area contributed by atoms with Gasteiger partial charge in [-0.1, -0.05) is 18.0 Å². The number of halogens is 2. The van der Waals surface area contributed by atoms with Gasteiger partial charge in [0.05, 0.1) is 10.7 Å². The number of nitrogens with zero attached hydrogens (tertiary/aromatic N) is 5. The molecule has 35 heavy (non-hydrogen) atoms. The SMILES string of the molecule is O=C(Nc1ccc(Cl)c(-c2nnc3n2CCCCC3)c1)c1nn(-c2ccc(F)cc2)c2c1CCC2. The minimum Gasteiger partial charge on any atom is -0.321 e. The number of carbonyl (C=O) groups excluding carboxylic acids is 1. The number of aryl methyl sites for hydroxylation is 1. The van der Waals surface area contributed by atoms with Crippen molar-refractivity contribution in [1.29, 1.82) is 0 Å². The lowest BCUT2D eigenvalue weighted by Gasteiger charge is -2.11. The van der Waals surface area contributed by atoms with Crippen molar-refractivity contribution >= 4 is 23.2 Å². The number of fused-ring (bicyclic) bond motifs is 2. The maximum atomic E-state index is 13.4. The Kier molecular flexibility index (Phi) is 5.60. The molecular formula is C26H24ClFN6O. The highest BCUT2D eigenvalue weighted by atomic mass is 35.5. The van der Waals surface area contributed by atoms with Gasteiger partial charge in [0.25, 0.3) is 5.91 Å². The number of hydrogen-bond acceptors (Lipinski definition) is 4. The molecule has 0 unspecified atom stereocenters. The summed E-state index contributed by atoms with van der Waals surface area (Å²) in [6, 6.07) is 11.6. The Morgan fingerprint density at radius 2 is 1.83 bits per heavy atom. The van der Waals surface area contributed by atoms with Crippen LogP contribution in [-0.2, 0) is 25.8 Å². The van der Waals surface area contributed by atoms with Crippen molar-refractivity contribution < 1.29 is 9.18 Å². The number of nitrogens with one attached hydrogen (secondary N) is 1. The quantitative estimate of drug-likeness (QED) is 0.416. The van der Waals surface area contributed by atoms with E-state index >= 15 is 0 Å². The summed E-state index contributed by atoms with van der Waals surface area (Å²) in [5.41, 5.74) is 4.45. The van der Waals surface area contributed by atoms with Crippen LogP contribution in [0.15, 0.2) is 42.5 Å². The van der Waals surface area contributed by atoms with E-state index in [1.54, 1.807) is 28.9 Å². The minimum absolute atomic E-state index is 0.280. The van der Waals surface area contributed by atoms with Gasteiger partial charge in [-0.2, -0.15) is 5.10 Å². The van der Waals surface area contributed by atoms with Crippen molar-refractivity contribution in [2.45, 2.75) is 51.5 Å². The van der Waals surface area contributed by atoms with Gasteiger partial charge < -0.3 is 9.88 Å². The standard InChI is InChI=1S/C26H24ClFN6O/c27-21-13-10-17(15-20(21)25-31-30-23-7-2-1-3-14-33(23)25)29-26(35)24-19-5-4-6-22(19)34(32-24)18-11-8-16(28)9-12-18/h8-13,15H,1-7,14H2,(H,29,35). The van der Waals surface area contributed by atoms with Gasteiger partial charge in [0, 0.05) is 35.5 Å². The molecule has 0 spiro atoms. The van der Waals surface area contributed by atoms with Crippen LogP contribution in [-0.4, -0.2) is 30.5 Å². The van der Waals surface area contributed by atoms with Crippen LogP contribution in [0.2, 0.25) is 5.02 Å². The molecule has 1 aliphatic heterocycles. The van der Waals surface area contributed by atoms with Crippen molar-refractivity contribution in [3.8, 4) is 17.1 Å². The van der Waals surface area contributed by atoms with Crippen LogP contribution in [0.1, 0.15) is 53.3 Å². The van der Waals surface area contributed by atoms with E-state index < -0.39 is 0 Å². The van der Waals surface area contributed by atoms with E-state index in [0.29, 0.717) is 16.4 Å². The molecule has 1 N–H and O–H groups in total. The average Bonchev–Trinajstić information content (AvgIpc) is 3.53. The number of rotatable bonds is 4. The third-order valence-electron chi connectivity index (χ3n) is 6.79. The third kappa shape index (κ3) is 4.01.